The molecular weight excluding hydrogens is 243 g/mol. The van der Waals surface area contributed by atoms with E-state index in [0.717, 1.165) is 6.66 Å². The minimum atomic E-state index is -3.77. The maximum Gasteiger partial charge on any atom is 0.219 e. The van der Waals surface area contributed by atoms with Gasteiger partial charge in [0, 0.05) is 13.8 Å². The van der Waals surface area contributed by atoms with Crippen molar-refractivity contribution in [3.05, 3.63) is 11.8 Å². The number of rotatable bonds is 5. The van der Waals surface area contributed by atoms with E-state index in [1.807, 2.05) is 13.8 Å². The third kappa shape index (κ3) is 4.90. The fourth-order valence-corrected chi connectivity index (χ4v) is 1.93. The van der Waals surface area contributed by atoms with Crippen LogP contribution >= 0.6 is 7.37 Å². The van der Waals surface area contributed by atoms with Crippen LogP contribution in [0.1, 0.15) is 16.6 Å². The molecule has 1 rings (SSSR count). The molecule has 0 saturated carbocycles. The Balaban J connectivity index is 3.01. The first-order valence-corrected chi connectivity index (χ1v) is 7.57. The molecule has 1 saturated heterocycles. The largest absolute Gasteiger partial charge is 0.376 e. The molecule has 0 aliphatic carbocycles. The van der Waals surface area contributed by atoms with Gasteiger partial charge in [-0.2, -0.15) is 0 Å². The van der Waals surface area contributed by atoms with Gasteiger partial charge < -0.3 is 19.1 Å². The molecule has 1 unspecified atom stereocenters. The maximum absolute atomic E-state index is 11.5. The van der Waals surface area contributed by atoms with Gasteiger partial charge in [-0.1, -0.05) is 0 Å². The van der Waals surface area contributed by atoms with Gasteiger partial charge in [-0.15, -0.1) is 0 Å². The molecule has 1 N–H and O–H groups in total. The van der Waals surface area contributed by atoms with Crippen LogP contribution in [0.3, 0.4) is 0 Å². The average molecular weight is 266 g/mol. The van der Waals surface area contributed by atoms with Crippen molar-refractivity contribution >= 4 is 7.37 Å². The third-order valence-electron chi connectivity index (χ3n) is 2.25. The molecule has 1 aliphatic rings. The SMILES string of the molecule is [2H]/C(=C(/[2H])P(C)(=O)O)[C@H]1OC[C@H](OC)[C@@H]1OC(C)C. The Morgan fingerprint density at radius 1 is 1.65 bits per heavy atom. The number of methoxy groups -OCH3 is 1. The molecular formula is C11H21O5P. The highest BCUT2D eigenvalue weighted by atomic mass is 31.2. The molecule has 0 spiro atoms. The third-order valence-corrected chi connectivity index (χ3v) is 2.80. The molecule has 0 aromatic rings. The molecule has 6 heteroatoms. The zero-order chi connectivity index (χ0) is 14.8. The van der Waals surface area contributed by atoms with E-state index in [0.29, 0.717) is 0 Å². The van der Waals surface area contributed by atoms with Crippen LogP contribution in [0, 0.1) is 0 Å². The first-order valence-electron chi connectivity index (χ1n) is 6.46. The molecule has 17 heavy (non-hydrogen) atoms. The van der Waals surface area contributed by atoms with Crippen LogP contribution in [0.25, 0.3) is 0 Å². The summed E-state index contributed by atoms with van der Waals surface area (Å²) in [6.07, 6.45) is -1.85. The minimum absolute atomic E-state index is 0.101. The molecule has 0 radical (unpaired) electrons. The Morgan fingerprint density at radius 3 is 2.76 bits per heavy atom. The van der Waals surface area contributed by atoms with Gasteiger partial charge in [-0.05, 0) is 25.7 Å². The summed E-state index contributed by atoms with van der Waals surface area (Å²) in [6, 6.07) is -0.321. The molecule has 1 fully saturated rings. The zero-order valence-corrected chi connectivity index (χ0v) is 11.4. The van der Waals surface area contributed by atoms with Gasteiger partial charge in [0.05, 0.1) is 15.5 Å². The second-order valence-electron chi connectivity index (χ2n) is 4.31. The van der Waals surface area contributed by atoms with Crippen molar-refractivity contribution in [1.29, 1.82) is 0 Å². The molecule has 0 aromatic heterocycles. The van der Waals surface area contributed by atoms with E-state index in [1.54, 1.807) is 0 Å². The molecule has 0 aromatic carbocycles. The Labute approximate surface area is 105 Å². The van der Waals surface area contributed by atoms with Gasteiger partial charge in [0.15, 0.2) is 0 Å². The van der Waals surface area contributed by atoms with Crippen LogP contribution in [0.15, 0.2) is 11.8 Å². The molecule has 4 atom stereocenters. The predicted molar refractivity (Wildman–Crippen MR) is 65.4 cm³/mol. The summed E-state index contributed by atoms with van der Waals surface area (Å²) in [7, 11) is -2.26. The van der Waals surface area contributed by atoms with Crippen molar-refractivity contribution in [2.45, 2.75) is 38.3 Å². The lowest BCUT2D eigenvalue weighted by Gasteiger charge is -2.23. The van der Waals surface area contributed by atoms with Gasteiger partial charge in [-0.25, -0.2) is 0 Å². The van der Waals surface area contributed by atoms with Crippen molar-refractivity contribution in [2.75, 3.05) is 20.4 Å². The van der Waals surface area contributed by atoms with Crippen molar-refractivity contribution in [3.8, 4) is 0 Å². The van der Waals surface area contributed by atoms with Crippen molar-refractivity contribution in [3.63, 3.8) is 0 Å². The Hall–Kier alpha value is -0.190. The fourth-order valence-electron chi connectivity index (χ4n) is 1.57. The summed E-state index contributed by atoms with van der Waals surface area (Å²) in [4.78, 5) is 9.37. The quantitative estimate of drug-likeness (QED) is 0.766. The molecule has 0 amide bonds. The summed E-state index contributed by atoms with van der Waals surface area (Å²) in [5.41, 5.74) is 0. The van der Waals surface area contributed by atoms with Gasteiger partial charge in [0.1, 0.15) is 18.3 Å². The number of hydrogen-bond donors (Lipinski definition) is 1. The van der Waals surface area contributed by atoms with Crippen molar-refractivity contribution in [1.82, 2.24) is 0 Å². The Kier molecular flexibility index (Phi) is 4.27. The van der Waals surface area contributed by atoms with Gasteiger partial charge in [0.2, 0.25) is 7.37 Å². The summed E-state index contributed by atoms with van der Waals surface area (Å²) >= 11 is 0. The van der Waals surface area contributed by atoms with Crippen LogP contribution in [0.5, 0.6) is 0 Å². The fraction of sp³-hybridized carbons (Fsp3) is 0.818. The van der Waals surface area contributed by atoms with Crippen LogP contribution < -0.4 is 0 Å². The van der Waals surface area contributed by atoms with E-state index in [9.17, 15) is 9.46 Å². The lowest BCUT2D eigenvalue weighted by Crippen LogP contribution is -2.35. The number of hydrogen-bond acceptors (Lipinski definition) is 4. The van der Waals surface area contributed by atoms with Crippen molar-refractivity contribution < 1.29 is 26.4 Å². The lowest BCUT2D eigenvalue weighted by atomic mass is 10.1. The van der Waals surface area contributed by atoms with Crippen molar-refractivity contribution in [2.24, 2.45) is 0 Å². The monoisotopic (exact) mass is 266 g/mol. The second-order valence-corrected chi connectivity index (χ2v) is 6.29. The van der Waals surface area contributed by atoms with Crippen LogP contribution in [0.2, 0.25) is 0 Å². The zero-order valence-electron chi connectivity index (χ0n) is 12.5. The lowest BCUT2D eigenvalue weighted by molar-refractivity contribution is -0.0659. The van der Waals surface area contributed by atoms with Crippen LogP contribution in [-0.2, 0) is 18.8 Å². The van der Waals surface area contributed by atoms with E-state index in [2.05, 4.69) is 0 Å². The van der Waals surface area contributed by atoms with E-state index in [4.69, 9.17) is 17.0 Å². The second kappa shape index (κ2) is 6.12. The molecule has 1 aliphatic heterocycles. The van der Waals surface area contributed by atoms with E-state index >= 15 is 0 Å². The molecule has 1 heterocycles. The van der Waals surface area contributed by atoms with Crippen LogP contribution in [-0.4, -0.2) is 49.7 Å². The first-order chi connectivity index (χ1) is 8.68. The standard InChI is InChI=1S/C11H21O5P/c1-8(2)16-11-9(5-6-17(4,12)13)15-7-10(11)14-3/h5-6,8-11H,7H2,1-4H3,(H,12,13)/b6-5+/t9-,10+,11-/m1/s1/i5D,6D. The van der Waals surface area contributed by atoms with E-state index in [1.165, 1.54) is 7.11 Å². The first kappa shape index (κ1) is 11.9. The average Bonchev–Trinajstić information content (AvgIpc) is 2.68. The van der Waals surface area contributed by atoms with Gasteiger partial charge in [-0.3, -0.25) is 4.57 Å². The maximum atomic E-state index is 11.5. The van der Waals surface area contributed by atoms with Gasteiger partial charge in [0.25, 0.3) is 0 Å². The highest BCUT2D eigenvalue weighted by molar-refractivity contribution is 7.60. The van der Waals surface area contributed by atoms with Crippen LogP contribution in [0.4, 0.5) is 0 Å². The molecule has 100 valence electrons. The topological polar surface area (TPSA) is 65.0 Å². The normalized spacial score (nSPS) is 36.2. The smallest absolute Gasteiger partial charge is 0.219 e. The minimum Gasteiger partial charge on any atom is -0.376 e. The summed E-state index contributed by atoms with van der Waals surface area (Å²) < 4.78 is 43.2. The summed E-state index contributed by atoms with van der Waals surface area (Å²) in [6.45, 7) is 4.94. The Morgan fingerprint density at radius 2 is 2.29 bits per heavy atom. The number of ether oxygens (including phenoxy) is 3. The summed E-state index contributed by atoms with van der Waals surface area (Å²) in [5, 5.41) is 0. The van der Waals surface area contributed by atoms with Gasteiger partial charge >= 0.3 is 0 Å². The highest BCUT2D eigenvalue weighted by Gasteiger charge is 2.37. The summed E-state index contributed by atoms with van der Waals surface area (Å²) in [5.74, 6) is -0.605. The Bertz CT molecular complexity index is 393. The van der Waals surface area contributed by atoms with E-state index in [-0.39, 0.29) is 24.9 Å². The van der Waals surface area contributed by atoms with E-state index < -0.39 is 25.4 Å². The molecule has 5 nitrogen and oxygen atoms in total. The highest BCUT2D eigenvalue weighted by Crippen LogP contribution is 2.37. The predicted octanol–water partition coefficient (Wildman–Crippen LogP) is 1.61. The molecule has 0 bridgehead atoms.